The molecule has 0 aliphatic carbocycles. The van der Waals surface area contributed by atoms with E-state index in [0.717, 1.165) is 57.8 Å². The Morgan fingerprint density at radius 3 is 2.12 bits per heavy atom. The van der Waals surface area contributed by atoms with Gasteiger partial charge in [0, 0.05) is 51.0 Å². The molecule has 148 valence electrons. The van der Waals surface area contributed by atoms with Crippen molar-refractivity contribution in [1.82, 2.24) is 9.80 Å². The molecule has 2 aliphatic rings. The predicted molar refractivity (Wildman–Crippen MR) is 108 cm³/mol. The zero-order chi connectivity index (χ0) is 17.1. The van der Waals surface area contributed by atoms with Gasteiger partial charge in [-0.1, -0.05) is 0 Å². The lowest BCUT2D eigenvalue weighted by molar-refractivity contribution is -0.137. The van der Waals surface area contributed by atoms with Gasteiger partial charge < -0.3 is 15.5 Å². The van der Waals surface area contributed by atoms with Crippen LogP contribution in [0.15, 0.2) is 24.3 Å². The van der Waals surface area contributed by atoms with Crippen molar-refractivity contribution >= 4 is 36.4 Å². The highest BCUT2D eigenvalue weighted by molar-refractivity contribution is 5.85. The van der Waals surface area contributed by atoms with Crippen LogP contribution < -0.4 is 10.6 Å². The summed E-state index contributed by atoms with van der Waals surface area (Å²) in [5.41, 5.74) is 6.96. The Morgan fingerprint density at radius 2 is 1.58 bits per heavy atom. The van der Waals surface area contributed by atoms with E-state index in [9.17, 15) is 9.18 Å². The van der Waals surface area contributed by atoms with E-state index in [0.29, 0.717) is 0 Å². The number of amides is 1. The van der Waals surface area contributed by atoms with Gasteiger partial charge in [0.25, 0.3) is 0 Å². The second kappa shape index (κ2) is 10.3. The Morgan fingerprint density at radius 1 is 1.04 bits per heavy atom. The highest BCUT2D eigenvalue weighted by Gasteiger charge is 2.30. The number of piperidine rings is 1. The first-order valence-electron chi connectivity index (χ1n) is 8.83. The maximum Gasteiger partial charge on any atom is 0.239 e. The summed E-state index contributed by atoms with van der Waals surface area (Å²) in [6, 6.07) is 6.77. The van der Waals surface area contributed by atoms with Crippen LogP contribution in [0.4, 0.5) is 10.1 Å². The number of carbonyl (C=O) groups is 1. The van der Waals surface area contributed by atoms with Gasteiger partial charge in [-0.25, -0.2) is 4.39 Å². The first kappa shape index (κ1) is 23.0. The molecule has 0 aromatic heterocycles. The lowest BCUT2D eigenvalue weighted by Crippen LogP contribution is -2.56. The maximum absolute atomic E-state index is 13.0. The molecule has 26 heavy (non-hydrogen) atoms. The summed E-state index contributed by atoms with van der Waals surface area (Å²) in [6.07, 6.45) is 1.80. The van der Waals surface area contributed by atoms with Crippen molar-refractivity contribution in [3.8, 4) is 0 Å². The fourth-order valence-corrected chi connectivity index (χ4v) is 3.56. The molecule has 2 fully saturated rings. The van der Waals surface area contributed by atoms with Crippen molar-refractivity contribution in [3.05, 3.63) is 30.1 Å². The van der Waals surface area contributed by atoms with Crippen molar-refractivity contribution in [2.24, 2.45) is 5.73 Å². The van der Waals surface area contributed by atoms with E-state index in [1.54, 1.807) is 0 Å². The van der Waals surface area contributed by atoms with Crippen molar-refractivity contribution in [2.45, 2.75) is 31.8 Å². The van der Waals surface area contributed by atoms with E-state index < -0.39 is 0 Å². The molecule has 1 unspecified atom stereocenters. The van der Waals surface area contributed by atoms with Crippen molar-refractivity contribution in [1.29, 1.82) is 0 Å². The van der Waals surface area contributed by atoms with Gasteiger partial charge in [-0.05, 0) is 44.0 Å². The average molecular weight is 407 g/mol. The number of rotatable bonds is 3. The number of carbonyl (C=O) groups excluding carboxylic acids is 1. The minimum absolute atomic E-state index is 0. The third-order valence-electron chi connectivity index (χ3n) is 5.26. The third-order valence-corrected chi connectivity index (χ3v) is 5.26. The number of nitrogens with zero attached hydrogens (tertiary/aromatic N) is 3. The summed E-state index contributed by atoms with van der Waals surface area (Å²) in [5, 5.41) is 0. The Bertz CT molecular complexity index is 559. The van der Waals surface area contributed by atoms with Crippen molar-refractivity contribution in [2.75, 3.05) is 44.2 Å². The van der Waals surface area contributed by atoms with Gasteiger partial charge in [0.2, 0.25) is 5.91 Å². The van der Waals surface area contributed by atoms with Gasteiger partial charge in [0.1, 0.15) is 5.82 Å². The molecule has 1 amide bonds. The summed E-state index contributed by atoms with van der Waals surface area (Å²) >= 11 is 0. The fraction of sp³-hybridized carbons (Fsp3) is 0.611. The molecule has 2 N–H and O–H groups in total. The minimum Gasteiger partial charge on any atom is -0.369 e. The van der Waals surface area contributed by atoms with Crippen LogP contribution in [0.5, 0.6) is 0 Å². The zero-order valence-electron chi connectivity index (χ0n) is 15.1. The van der Waals surface area contributed by atoms with E-state index >= 15 is 0 Å². The van der Waals surface area contributed by atoms with Gasteiger partial charge in [0.05, 0.1) is 6.04 Å². The zero-order valence-corrected chi connectivity index (χ0v) is 16.8. The number of hydrogen-bond donors (Lipinski definition) is 1. The van der Waals surface area contributed by atoms with Crippen LogP contribution in [-0.2, 0) is 4.79 Å². The normalized spacial score (nSPS) is 20.1. The summed E-state index contributed by atoms with van der Waals surface area (Å²) in [7, 11) is 0. The lowest BCUT2D eigenvalue weighted by atomic mass is 10.0. The van der Waals surface area contributed by atoms with E-state index in [1.807, 2.05) is 24.0 Å². The summed E-state index contributed by atoms with van der Waals surface area (Å²) < 4.78 is 13.0. The van der Waals surface area contributed by atoms with Crippen LogP contribution in [0.3, 0.4) is 0 Å². The molecule has 0 bridgehead atoms. The summed E-state index contributed by atoms with van der Waals surface area (Å²) in [4.78, 5) is 19.1. The van der Waals surface area contributed by atoms with Gasteiger partial charge in [-0.2, -0.15) is 0 Å². The van der Waals surface area contributed by atoms with Gasteiger partial charge in [-0.3, -0.25) is 9.69 Å². The van der Waals surface area contributed by atoms with Crippen molar-refractivity contribution < 1.29 is 9.18 Å². The fourth-order valence-electron chi connectivity index (χ4n) is 3.56. The van der Waals surface area contributed by atoms with Gasteiger partial charge in [-0.15, -0.1) is 24.8 Å². The number of benzene rings is 1. The summed E-state index contributed by atoms with van der Waals surface area (Å²) in [6.45, 7) is 6.96. The second-order valence-electron chi connectivity index (χ2n) is 6.84. The summed E-state index contributed by atoms with van der Waals surface area (Å²) in [5.74, 6) is 0.00925. The maximum atomic E-state index is 13.0. The third kappa shape index (κ3) is 5.46. The number of piperazine rings is 1. The van der Waals surface area contributed by atoms with Crippen LogP contribution in [-0.4, -0.2) is 67.1 Å². The molecule has 8 heteroatoms. The number of nitrogens with two attached hydrogens (primary N) is 1. The molecule has 2 saturated heterocycles. The number of likely N-dealkylation sites (tertiary alicyclic amines) is 1. The molecular formula is C18H29Cl2FN4O. The molecular weight excluding hydrogens is 378 g/mol. The van der Waals surface area contributed by atoms with Crippen molar-refractivity contribution in [3.63, 3.8) is 0 Å². The Labute approximate surface area is 167 Å². The monoisotopic (exact) mass is 406 g/mol. The number of halogens is 3. The predicted octanol–water partition coefficient (Wildman–Crippen LogP) is 2.13. The van der Waals surface area contributed by atoms with Crippen LogP contribution in [0.2, 0.25) is 0 Å². The standard InChI is InChI=1S/C18H27FN4O.2ClH/c1-14(18(24)23-8-6-16(20)7-9-23)21-10-12-22(13-11-21)17-4-2-15(19)3-5-17;;/h2-5,14,16H,6-13,20H2,1H3;2*1H. The van der Waals surface area contributed by atoms with E-state index in [1.165, 1.54) is 12.1 Å². The van der Waals surface area contributed by atoms with E-state index in [-0.39, 0.29) is 48.6 Å². The Kier molecular flexibility index (Phi) is 9.10. The molecule has 0 saturated carbocycles. The van der Waals surface area contributed by atoms with Crippen LogP contribution >= 0.6 is 24.8 Å². The smallest absolute Gasteiger partial charge is 0.239 e. The number of hydrogen-bond acceptors (Lipinski definition) is 4. The molecule has 1 aromatic carbocycles. The van der Waals surface area contributed by atoms with Crippen LogP contribution in [0, 0.1) is 5.82 Å². The Balaban J connectivity index is 0.00000169. The molecule has 5 nitrogen and oxygen atoms in total. The average Bonchev–Trinajstić information content (AvgIpc) is 2.62. The van der Waals surface area contributed by atoms with E-state index in [2.05, 4.69) is 9.80 Å². The van der Waals surface area contributed by atoms with Gasteiger partial charge >= 0.3 is 0 Å². The number of anilines is 1. The van der Waals surface area contributed by atoms with E-state index in [4.69, 9.17) is 5.73 Å². The molecule has 2 aliphatic heterocycles. The second-order valence-corrected chi connectivity index (χ2v) is 6.84. The first-order valence-corrected chi connectivity index (χ1v) is 8.83. The largest absolute Gasteiger partial charge is 0.369 e. The Hall–Kier alpha value is -1.08. The van der Waals surface area contributed by atoms with Gasteiger partial charge in [0.15, 0.2) is 0 Å². The molecule has 0 spiro atoms. The topological polar surface area (TPSA) is 52.8 Å². The van der Waals surface area contributed by atoms with Crippen LogP contribution in [0.1, 0.15) is 19.8 Å². The molecule has 3 rings (SSSR count). The highest BCUT2D eigenvalue weighted by Crippen LogP contribution is 2.19. The molecule has 0 radical (unpaired) electrons. The minimum atomic E-state index is -0.210. The SMILES string of the molecule is CC(C(=O)N1CCC(N)CC1)N1CCN(c2ccc(F)cc2)CC1.Cl.Cl. The first-order chi connectivity index (χ1) is 11.5. The molecule has 1 aromatic rings. The van der Waals surface area contributed by atoms with Crippen LogP contribution in [0.25, 0.3) is 0 Å². The molecule has 1 atom stereocenters. The molecule has 2 heterocycles. The lowest BCUT2D eigenvalue weighted by Gasteiger charge is -2.40. The quantitative estimate of drug-likeness (QED) is 0.834. The highest BCUT2D eigenvalue weighted by atomic mass is 35.5.